The van der Waals surface area contributed by atoms with E-state index in [-0.39, 0.29) is 12.2 Å². The lowest BCUT2D eigenvalue weighted by molar-refractivity contribution is -0.136. The van der Waals surface area contributed by atoms with Crippen molar-refractivity contribution >= 4 is 24.0 Å². The molecule has 5 nitrogen and oxygen atoms in total. The van der Waals surface area contributed by atoms with Crippen LogP contribution >= 0.6 is 0 Å². The molecule has 1 unspecified atom stereocenters. The highest BCUT2D eigenvalue weighted by atomic mass is 16.4. The molecule has 0 saturated heterocycles. The molecule has 1 heterocycles. The number of aliphatic imine (C=N–C) groups is 1. The summed E-state index contributed by atoms with van der Waals surface area (Å²) < 4.78 is 0. The first-order valence-electron chi connectivity index (χ1n) is 9.63. The van der Waals surface area contributed by atoms with E-state index in [2.05, 4.69) is 4.99 Å². The van der Waals surface area contributed by atoms with E-state index in [0.29, 0.717) is 12.1 Å². The Morgan fingerprint density at radius 1 is 1.10 bits per heavy atom. The largest absolute Gasteiger partial charge is 0.481 e. The predicted octanol–water partition coefficient (Wildman–Crippen LogP) is 3.67. The number of aliphatic carboxylic acids is 1. The van der Waals surface area contributed by atoms with E-state index < -0.39 is 11.5 Å². The summed E-state index contributed by atoms with van der Waals surface area (Å²) in [5.74, 6) is -0.927. The smallest absolute Gasteiger partial charge is 0.307 e. The average Bonchev–Trinajstić information content (AvgIpc) is 3.23. The van der Waals surface area contributed by atoms with Crippen LogP contribution in [-0.4, -0.2) is 23.1 Å². The molecule has 1 atom stereocenters. The molecule has 0 amide bonds. The molecule has 4 rings (SSSR count). The second-order valence-corrected chi connectivity index (χ2v) is 7.42. The molecule has 1 aliphatic carbocycles. The van der Waals surface area contributed by atoms with E-state index in [9.17, 15) is 9.59 Å². The molecule has 1 aliphatic heterocycles. The highest BCUT2D eigenvalue weighted by Gasteiger charge is 2.39. The third-order valence-electron chi connectivity index (χ3n) is 5.54. The zero-order chi connectivity index (χ0) is 20.4. The van der Waals surface area contributed by atoms with Crippen molar-refractivity contribution < 1.29 is 14.7 Å². The number of carbonyl (C=O) groups excluding carboxylic acids is 1. The molecule has 0 saturated carbocycles. The molecule has 29 heavy (non-hydrogen) atoms. The summed E-state index contributed by atoms with van der Waals surface area (Å²) in [6.45, 7) is 0.424. The summed E-state index contributed by atoms with van der Waals surface area (Å²) in [7, 11) is 0. The second kappa shape index (κ2) is 7.60. The number of hydrogen-bond acceptors (Lipinski definition) is 4. The quantitative estimate of drug-likeness (QED) is 0.741. The van der Waals surface area contributed by atoms with Crippen molar-refractivity contribution in [1.82, 2.24) is 0 Å². The van der Waals surface area contributed by atoms with Crippen LogP contribution in [0.1, 0.15) is 45.5 Å². The van der Waals surface area contributed by atoms with Gasteiger partial charge in [-0.25, -0.2) is 0 Å². The fourth-order valence-corrected chi connectivity index (χ4v) is 3.95. The third-order valence-corrected chi connectivity index (χ3v) is 5.54. The van der Waals surface area contributed by atoms with Crippen molar-refractivity contribution in [2.75, 3.05) is 0 Å². The standard InChI is InChI=1S/C24H22N2O3/c25-15-16-2-6-19(7-3-16)23(29)24(10-1-11-26-24)21-9-8-18-5-4-17(13-22(27)28)12-20(18)14-21/h1-3,6-12,14H,4-5,13,15,25H2,(H,27,28). The Hall–Kier alpha value is -3.31. The number of aryl methyl sites for hydroxylation is 1. The van der Waals surface area contributed by atoms with Gasteiger partial charge in [0.25, 0.3) is 0 Å². The van der Waals surface area contributed by atoms with Crippen molar-refractivity contribution in [2.24, 2.45) is 10.7 Å². The number of nitrogens with two attached hydrogens (primary N) is 1. The van der Waals surface area contributed by atoms with Gasteiger partial charge in [-0.05, 0) is 53.3 Å². The Bertz CT molecular complexity index is 1050. The minimum absolute atomic E-state index is 0.0410. The Labute approximate surface area is 169 Å². The number of Topliss-reactive ketones (excluding diaryl/α,β-unsaturated/α-hetero) is 1. The second-order valence-electron chi connectivity index (χ2n) is 7.42. The Morgan fingerprint density at radius 2 is 1.90 bits per heavy atom. The van der Waals surface area contributed by atoms with Gasteiger partial charge in [0.05, 0.1) is 6.42 Å². The van der Waals surface area contributed by atoms with E-state index in [0.717, 1.165) is 40.7 Å². The maximum absolute atomic E-state index is 13.5. The van der Waals surface area contributed by atoms with Crippen LogP contribution in [0, 0.1) is 0 Å². The fraction of sp³-hybridized carbons (Fsp3) is 0.208. The molecule has 2 aromatic rings. The van der Waals surface area contributed by atoms with E-state index in [1.165, 1.54) is 0 Å². The van der Waals surface area contributed by atoms with Crippen LogP contribution in [0.3, 0.4) is 0 Å². The number of hydrogen-bond donors (Lipinski definition) is 2. The molecule has 0 radical (unpaired) electrons. The van der Waals surface area contributed by atoms with E-state index in [4.69, 9.17) is 10.8 Å². The van der Waals surface area contributed by atoms with Gasteiger partial charge < -0.3 is 10.8 Å². The van der Waals surface area contributed by atoms with Crippen LogP contribution < -0.4 is 5.73 Å². The first-order chi connectivity index (χ1) is 14.0. The molecule has 0 fully saturated rings. The summed E-state index contributed by atoms with van der Waals surface area (Å²) in [5, 5.41) is 9.10. The van der Waals surface area contributed by atoms with Gasteiger partial charge in [0.15, 0.2) is 11.3 Å². The van der Waals surface area contributed by atoms with Gasteiger partial charge in [0, 0.05) is 18.3 Å². The molecule has 5 heteroatoms. The summed E-state index contributed by atoms with van der Waals surface area (Å²) >= 11 is 0. The Kier molecular flexibility index (Phi) is 4.99. The number of carboxylic acids is 1. The van der Waals surface area contributed by atoms with Crippen LogP contribution in [0.25, 0.3) is 6.08 Å². The minimum Gasteiger partial charge on any atom is -0.481 e. The first-order valence-corrected chi connectivity index (χ1v) is 9.63. The number of fused-ring (bicyclic) bond motifs is 1. The number of allylic oxidation sites excluding steroid dienone is 1. The number of carbonyl (C=O) groups is 2. The molecule has 2 aliphatic rings. The molecule has 2 aromatic carbocycles. The van der Waals surface area contributed by atoms with Gasteiger partial charge in [-0.2, -0.15) is 0 Å². The summed E-state index contributed by atoms with van der Waals surface area (Å²) in [4.78, 5) is 29.1. The molecule has 0 spiro atoms. The predicted molar refractivity (Wildman–Crippen MR) is 113 cm³/mol. The SMILES string of the molecule is NCc1ccc(C(=O)C2(c3ccc4c(c3)C=C(CC(=O)O)CC4)C=CC=N2)cc1. The Balaban J connectivity index is 1.74. The lowest BCUT2D eigenvalue weighted by atomic mass is 9.80. The third kappa shape index (κ3) is 3.57. The number of benzene rings is 2. The lowest BCUT2D eigenvalue weighted by Crippen LogP contribution is -2.31. The van der Waals surface area contributed by atoms with Crippen molar-refractivity contribution in [1.29, 1.82) is 0 Å². The number of nitrogens with zero attached hydrogens (tertiary/aromatic N) is 1. The number of carboxylic acid groups (broad SMARTS) is 1. The van der Waals surface area contributed by atoms with Crippen molar-refractivity contribution in [3.63, 3.8) is 0 Å². The maximum atomic E-state index is 13.5. The molecule has 146 valence electrons. The molecule has 0 aromatic heterocycles. The Morgan fingerprint density at radius 3 is 2.55 bits per heavy atom. The highest BCUT2D eigenvalue weighted by molar-refractivity contribution is 6.08. The van der Waals surface area contributed by atoms with Gasteiger partial charge in [0.2, 0.25) is 0 Å². The summed E-state index contributed by atoms with van der Waals surface area (Å²) in [6, 6.07) is 13.2. The molecule has 0 bridgehead atoms. The minimum atomic E-state index is -1.10. The average molecular weight is 386 g/mol. The highest BCUT2D eigenvalue weighted by Crippen LogP contribution is 2.37. The lowest BCUT2D eigenvalue weighted by Gasteiger charge is -2.26. The zero-order valence-electron chi connectivity index (χ0n) is 16.0. The van der Waals surface area contributed by atoms with Crippen LogP contribution in [0.4, 0.5) is 0 Å². The van der Waals surface area contributed by atoms with Crippen LogP contribution in [-0.2, 0) is 23.3 Å². The number of rotatable bonds is 6. The van der Waals surface area contributed by atoms with Gasteiger partial charge in [0.1, 0.15) is 0 Å². The van der Waals surface area contributed by atoms with Gasteiger partial charge >= 0.3 is 5.97 Å². The summed E-state index contributed by atoms with van der Waals surface area (Å²) in [6.07, 6.45) is 8.78. The summed E-state index contributed by atoms with van der Waals surface area (Å²) in [5.41, 5.74) is 9.89. The van der Waals surface area contributed by atoms with Gasteiger partial charge in [-0.3, -0.25) is 14.6 Å². The topological polar surface area (TPSA) is 92.8 Å². The monoisotopic (exact) mass is 386 g/mol. The van der Waals surface area contributed by atoms with E-state index in [1.54, 1.807) is 24.4 Å². The van der Waals surface area contributed by atoms with Crippen LogP contribution in [0.2, 0.25) is 0 Å². The van der Waals surface area contributed by atoms with Crippen molar-refractivity contribution in [3.05, 3.63) is 88.0 Å². The van der Waals surface area contributed by atoms with E-state index >= 15 is 0 Å². The normalized spacial score (nSPS) is 19.7. The van der Waals surface area contributed by atoms with Crippen LogP contribution in [0.15, 0.2) is 65.2 Å². The number of ketones is 1. The molecular formula is C24H22N2O3. The van der Waals surface area contributed by atoms with E-state index in [1.807, 2.05) is 42.5 Å². The van der Waals surface area contributed by atoms with Crippen molar-refractivity contribution in [3.8, 4) is 0 Å². The molecule has 3 N–H and O–H groups in total. The first kappa shape index (κ1) is 19.0. The zero-order valence-corrected chi connectivity index (χ0v) is 16.0. The van der Waals surface area contributed by atoms with Gasteiger partial charge in [-0.1, -0.05) is 48.0 Å². The molecular weight excluding hydrogens is 364 g/mol. The van der Waals surface area contributed by atoms with Crippen molar-refractivity contribution in [2.45, 2.75) is 31.3 Å². The van der Waals surface area contributed by atoms with Crippen LogP contribution in [0.5, 0.6) is 0 Å². The fourth-order valence-electron chi connectivity index (χ4n) is 3.95. The maximum Gasteiger partial charge on any atom is 0.307 e. The van der Waals surface area contributed by atoms with Gasteiger partial charge in [-0.15, -0.1) is 0 Å².